The van der Waals surface area contributed by atoms with Crippen LogP contribution in [0.15, 0.2) is 27.6 Å². The molecule has 0 fully saturated rings. The second kappa shape index (κ2) is 5.96. The highest BCUT2D eigenvalue weighted by atomic mass is 79.9. The standard InChI is InChI=1S/C11H10BrN3O2S/c1-9-2-3-11(10(12)8-9)18(16,17)15(6-4-13)7-5-14/h2-3,8H,6-7H2,1H3. The first-order chi connectivity index (χ1) is 8.43. The lowest BCUT2D eigenvalue weighted by atomic mass is 10.2. The van der Waals surface area contributed by atoms with Crippen LogP contribution < -0.4 is 0 Å². The normalized spacial score (nSPS) is 10.9. The molecule has 0 bridgehead atoms. The summed E-state index contributed by atoms with van der Waals surface area (Å²) < 4.78 is 25.7. The Hall–Kier alpha value is -1.41. The molecule has 94 valence electrons. The largest absolute Gasteiger partial charge is 0.246 e. The molecule has 0 aliphatic carbocycles. The highest BCUT2D eigenvalue weighted by molar-refractivity contribution is 9.10. The van der Waals surface area contributed by atoms with Crippen molar-refractivity contribution in [3.8, 4) is 12.1 Å². The van der Waals surface area contributed by atoms with E-state index in [9.17, 15) is 8.42 Å². The maximum atomic E-state index is 12.2. The second-order valence-corrected chi connectivity index (χ2v) is 6.28. The van der Waals surface area contributed by atoms with Crippen LogP contribution in [0.5, 0.6) is 0 Å². The molecule has 1 rings (SSSR count). The first kappa shape index (κ1) is 14.7. The van der Waals surface area contributed by atoms with Gasteiger partial charge in [-0.1, -0.05) is 6.07 Å². The molecule has 0 aromatic heterocycles. The fourth-order valence-corrected chi connectivity index (χ4v) is 3.72. The molecule has 1 aromatic rings. The summed E-state index contributed by atoms with van der Waals surface area (Å²) in [6.07, 6.45) is 0. The van der Waals surface area contributed by atoms with Crippen LogP contribution in [-0.2, 0) is 10.0 Å². The molecule has 1 aromatic carbocycles. The molecular formula is C11H10BrN3O2S. The van der Waals surface area contributed by atoms with Gasteiger partial charge in [0.15, 0.2) is 0 Å². The molecular weight excluding hydrogens is 318 g/mol. The minimum Gasteiger partial charge on any atom is -0.207 e. The number of sulfonamides is 1. The average molecular weight is 328 g/mol. The van der Waals surface area contributed by atoms with Gasteiger partial charge in [0.1, 0.15) is 13.1 Å². The first-order valence-corrected chi connectivity index (χ1v) is 7.17. The Morgan fingerprint density at radius 2 is 1.83 bits per heavy atom. The quantitative estimate of drug-likeness (QED) is 0.789. The van der Waals surface area contributed by atoms with E-state index in [4.69, 9.17) is 10.5 Å². The minimum absolute atomic E-state index is 0.0543. The average Bonchev–Trinajstić information content (AvgIpc) is 2.28. The number of nitriles is 2. The summed E-state index contributed by atoms with van der Waals surface area (Å²) in [6.45, 7) is 1.13. The predicted octanol–water partition coefficient (Wildman–Crippen LogP) is 1.80. The van der Waals surface area contributed by atoms with Crippen molar-refractivity contribution in [3.63, 3.8) is 0 Å². The SMILES string of the molecule is Cc1ccc(S(=O)(=O)N(CC#N)CC#N)c(Br)c1. The lowest BCUT2D eigenvalue weighted by Gasteiger charge is -2.17. The summed E-state index contributed by atoms with van der Waals surface area (Å²) in [6, 6.07) is 8.27. The van der Waals surface area contributed by atoms with Crippen LogP contribution in [0.1, 0.15) is 5.56 Å². The summed E-state index contributed by atoms with van der Waals surface area (Å²) in [5.74, 6) is 0. The van der Waals surface area contributed by atoms with Gasteiger partial charge in [0.05, 0.1) is 17.0 Å². The summed E-state index contributed by atoms with van der Waals surface area (Å²) in [7, 11) is -3.83. The Labute approximate surface area is 114 Å². The van der Waals surface area contributed by atoms with Crippen LogP contribution in [-0.4, -0.2) is 25.8 Å². The van der Waals surface area contributed by atoms with Crippen LogP contribution in [0.2, 0.25) is 0 Å². The van der Waals surface area contributed by atoms with Crippen molar-refractivity contribution < 1.29 is 8.42 Å². The van der Waals surface area contributed by atoms with Crippen molar-refractivity contribution in [1.29, 1.82) is 10.5 Å². The molecule has 0 aliphatic rings. The molecule has 0 heterocycles. The van der Waals surface area contributed by atoms with E-state index in [-0.39, 0.29) is 18.0 Å². The van der Waals surface area contributed by atoms with Gasteiger partial charge in [-0.25, -0.2) is 8.42 Å². The van der Waals surface area contributed by atoms with Crippen molar-refractivity contribution in [2.24, 2.45) is 0 Å². The van der Waals surface area contributed by atoms with Crippen LogP contribution in [0.25, 0.3) is 0 Å². The lowest BCUT2D eigenvalue weighted by molar-refractivity contribution is 0.479. The summed E-state index contributed by atoms with van der Waals surface area (Å²) in [5, 5.41) is 17.2. The number of nitrogens with zero attached hydrogens (tertiary/aromatic N) is 3. The molecule has 0 N–H and O–H groups in total. The van der Waals surface area contributed by atoms with E-state index >= 15 is 0 Å². The zero-order valence-corrected chi connectivity index (χ0v) is 12.0. The van der Waals surface area contributed by atoms with Crippen LogP contribution in [0, 0.1) is 29.6 Å². The van der Waals surface area contributed by atoms with Gasteiger partial charge in [0.2, 0.25) is 10.0 Å². The van der Waals surface area contributed by atoms with Gasteiger partial charge in [0.25, 0.3) is 0 Å². The van der Waals surface area contributed by atoms with E-state index in [0.717, 1.165) is 9.87 Å². The molecule has 7 heteroatoms. The van der Waals surface area contributed by atoms with Gasteiger partial charge in [-0.2, -0.15) is 14.8 Å². The Morgan fingerprint density at radius 1 is 1.28 bits per heavy atom. The maximum Gasteiger partial charge on any atom is 0.246 e. The third-order valence-electron chi connectivity index (χ3n) is 2.20. The van der Waals surface area contributed by atoms with E-state index in [0.29, 0.717) is 4.47 Å². The van der Waals surface area contributed by atoms with Gasteiger partial charge in [-0.05, 0) is 40.5 Å². The Bertz CT molecular complexity index is 613. The fraction of sp³-hybridized carbons (Fsp3) is 0.273. The van der Waals surface area contributed by atoms with Gasteiger partial charge in [-0.3, -0.25) is 0 Å². The van der Waals surface area contributed by atoms with Gasteiger partial charge >= 0.3 is 0 Å². The molecule has 0 saturated heterocycles. The Kier molecular flexibility index (Phi) is 4.85. The molecule has 0 unspecified atom stereocenters. The number of rotatable bonds is 4. The fourth-order valence-electron chi connectivity index (χ4n) is 1.34. The molecule has 0 saturated carbocycles. The highest BCUT2D eigenvalue weighted by Gasteiger charge is 2.26. The van der Waals surface area contributed by atoms with E-state index in [1.807, 2.05) is 6.92 Å². The minimum atomic E-state index is -3.83. The molecule has 0 amide bonds. The van der Waals surface area contributed by atoms with Crippen molar-refractivity contribution in [3.05, 3.63) is 28.2 Å². The van der Waals surface area contributed by atoms with Crippen molar-refractivity contribution >= 4 is 26.0 Å². The maximum absolute atomic E-state index is 12.2. The van der Waals surface area contributed by atoms with Crippen LogP contribution in [0.3, 0.4) is 0 Å². The number of aryl methyl sites for hydroxylation is 1. The molecule has 18 heavy (non-hydrogen) atoms. The third-order valence-corrected chi connectivity index (χ3v) is 4.97. The summed E-state index contributed by atoms with van der Waals surface area (Å²) in [5.41, 5.74) is 0.910. The van der Waals surface area contributed by atoms with E-state index in [1.165, 1.54) is 6.07 Å². The number of hydrogen-bond donors (Lipinski definition) is 0. The van der Waals surface area contributed by atoms with E-state index in [1.54, 1.807) is 24.3 Å². The summed E-state index contributed by atoms with van der Waals surface area (Å²) >= 11 is 3.18. The van der Waals surface area contributed by atoms with E-state index in [2.05, 4.69) is 15.9 Å². The third kappa shape index (κ3) is 3.08. The highest BCUT2D eigenvalue weighted by Crippen LogP contribution is 2.25. The zero-order chi connectivity index (χ0) is 13.8. The van der Waals surface area contributed by atoms with Crippen molar-refractivity contribution in [2.75, 3.05) is 13.1 Å². The number of halogens is 1. The topological polar surface area (TPSA) is 85.0 Å². The second-order valence-electron chi connectivity index (χ2n) is 3.52. The Balaban J connectivity index is 3.28. The zero-order valence-electron chi connectivity index (χ0n) is 9.59. The van der Waals surface area contributed by atoms with Crippen molar-refractivity contribution in [2.45, 2.75) is 11.8 Å². The molecule has 5 nitrogen and oxygen atoms in total. The number of hydrogen-bond acceptors (Lipinski definition) is 4. The van der Waals surface area contributed by atoms with Crippen LogP contribution in [0.4, 0.5) is 0 Å². The lowest BCUT2D eigenvalue weighted by Crippen LogP contribution is -2.32. The van der Waals surface area contributed by atoms with Gasteiger partial charge in [-0.15, -0.1) is 0 Å². The number of benzene rings is 1. The predicted molar refractivity (Wildman–Crippen MR) is 68.9 cm³/mol. The van der Waals surface area contributed by atoms with Crippen molar-refractivity contribution in [1.82, 2.24) is 4.31 Å². The first-order valence-electron chi connectivity index (χ1n) is 4.93. The monoisotopic (exact) mass is 327 g/mol. The van der Waals surface area contributed by atoms with Gasteiger partial charge < -0.3 is 0 Å². The van der Waals surface area contributed by atoms with Crippen LogP contribution >= 0.6 is 15.9 Å². The smallest absolute Gasteiger partial charge is 0.207 e. The van der Waals surface area contributed by atoms with E-state index < -0.39 is 10.0 Å². The summed E-state index contributed by atoms with van der Waals surface area (Å²) in [4.78, 5) is 0.0543. The Morgan fingerprint density at radius 3 is 2.28 bits per heavy atom. The molecule has 0 aliphatic heterocycles. The van der Waals surface area contributed by atoms with Gasteiger partial charge in [0, 0.05) is 4.47 Å². The molecule has 0 atom stereocenters. The molecule has 0 spiro atoms. The molecule has 0 radical (unpaired) electrons.